The monoisotopic (exact) mass is 306 g/mol. The fourth-order valence-corrected chi connectivity index (χ4v) is 3.17. The van der Waals surface area contributed by atoms with Crippen LogP contribution in [0.4, 0.5) is 5.69 Å². The summed E-state index contributed by atoms with van der Waals surface area (Å²) in [6.45, 7) is 6.10. The molecule has 1 aliphatic heterocycles. The van der Waals surface area contributed by atoms with Crippen LogP contribution in [0.3, 0.4) is 0 Å². The van der Waals surface area contributed by atoms with Gasteiger partial charge in [-0.2, -0.15) is 5.26 Å². The van der Waals surface area contributed by atoms with Gasteiger partial charge in [-0.1, -0.05) is 38.1 Å². The van der Waals surface area contributed by atoms with Gasteiger partial charge in [0.05, 0.1) is 23.9 Å². The minimum atomic E-state index is -0.124. The maximum absolute atomic E-state index is 8.94. The third kappa shape index (κ3) is 3.03. The van der Waals surface area contributed by atoms with Crippen LogP contribution in [-0.2, 0) is 6.54 Å². The Hall–Kier alpha value is -2.47. The second-order valence-electron chi connectivity index (χ2n) is 6.12. The van der Waals surface area contributed by atoms with Crippen LogP contribution in [0.1, 0.15) is 37.8 Å². The SMILES string of the molecule is CCC1(CC)CN(Cc2ccc(C#N)cc2)c2ccccc2O1. The lowest BCUT2D eigenvalue weighted by Gasteiger charge is -2.44. The Morgan fingerprint density at radius 3 is 2.43 bits per heavy atom. The first kappa shape index (κ1) is 15.4. The Morgan fingerprint density at radius 2 is 1.78 bits per heavy atom. The van der Waals surface area contributed by atoms with Crippen molar-refractivity contribution >= 4 is 5.69 Å². The van der Waals surface area contributed by atoms with Crippen molar-refractivity contribution in [3.05, 3.63) is 59.7 Å². The highest BCUT2D eigenvalue weighted by atomic mass is 16.5. The highest BCUT2D eigenvalue weighted by Crippen LogP contribution is 2.40. The number of hydrogen-bond donors (Lipinski definition) is 0. The summed E-state index contributed by atoms with van der Waals surface area (Å²) in [5.41, 5.74) is 2.94. The van der Waals surface area contributed by atoms with Gasteiger partial charge in [-0.3, -0.25) is 0 Å². The summed E-state index contributed by atoms with van der Waals surface area (Å²) in [5, 5.41) is 8.94. The summed E-state index contributed by atoms with van der Waals surface area (Å²) in [6.07, 6.45) is 1.98. The molecule has 3 rings (SSSR count). The smallest absolute Gasteiger partial charge is 0.143 e. The summed E-state index contributed by atoms with van der Waals surface area (Å²) < 4.78 is 6.34. The molecule has 118 valence electrons. The van der Waals surface area contributed by atoms with Crippen LogP contribution in [0.15, 0.2) is 48.5 Å². The summed E-state index contributed by atoms with van der Waals surface area (Å²) >= 11 is 0. The predicted molar refractivity (Wildman–Crippen MR) is 92.6 cm³/mol. The number of rotatable bonds is 4. The fraction of sp³-hybridized carbons (Fsp3) is 0.350. The Balaban J connectivity index is 1.91. The van der Waals surface area contributed by atoms with Gasteiger partial charge in [0.15, 0.2) is 0 Å². The van der Waals surface area contributed by atoms with E-state index in [0.717, 1.165) is 37.4 Å². The van der Waals surface area contributed by atoms with Gasteiger partial charge < -0.3 is 9.64 Å². The molecule has 0 radical (unpaired) electrons. The lowest BCUT2D eigenvalue weighted by Crippen LogP contribution is -2.50. The molecule has 23 heavy (non-hydrogen) atoms. The van der Waals surface area contributed by atoms with Gasteiger partial charge in [-0.25, -0.2) is 0 Å². The van der Waals surface area contributed by atoms with Crippen LogP contribution in [0.25, 0.3) is 0 Å². The lowest BCUT2D eigenvalue weighted by atomic mass is 9.93. The maximum atomic E-state index is 8.94. The minimum absolute atomic E-state index is 0.124. The van der Waals surface area contributed by atoms with Crippen molar-refractivity contribution in [3.8, 4) is 11.8 Å². The fourth-order valence-electron chi connectivity index (χ4n) is 3.17. The van der Waals surface area contributed by atoms with Crippen LogP contribution in [0.2, 0.25) is 0 Å². The van der Waals surface area contributed by atoms with E-state index in [1.807, 2.05) is 30.3 Å². The largest absolute Gasteiger partial charge is 0.483 e. The van der Waals surface area contributed by atoms with Crippen LogP contribution in [0, 0.1) is 11.3 Å². The first-order valence-electron chi connectivity index (χ1n) is 8.22. The highest BCUT2D eigenvalue weighted by molar-refractivity contribution is 5.61. The molecule has 2 aromatic carbocycles. The molecule has 0 saturated heterocycles. The van der Waals surface area contributed by atoms with Crippen LogP contribution in [-0.4, -0.2) is 12.1 Å². The Kier molecular flexibility index (Phi) is 4.25. The maximum Gasteiger partial charge on any atom is 0.143 e. The van der Waals surface area contributed by atoms with E-state index in [4.69, 9.17) is 10.00 Å². The van der Waals surface area contributed by atoms with E-state index in [0.29, 0.717) is 5.56 Å². The molecule has 0 aliphatic carbocycles. The molecule has 0 amide bonds. The number of benzene rings is 2. The normalized spacial score (nSPS) is 15.4. The van der Waals surface area contributed by atoms with Crippen molar-refractivity contribution in [3.63, 3.8) is 0 Å². The van der Waals surface area contributed by atoms with Crippen LogP contribution >= 0.6 is 0 Å². The first-order chi connectivity index (χ1) is 11.2. The molecule has 0 aromatic heterocycles. The van der Waals surface area contributed by atoms with Gasteiger partial charge in [-0.05, 0) is 42.7 Å². The van der Waals surface area contributed by atoms with Crippen molar-refractivity contribution in [2.75, 3.05) is 11.4 Å². The number of fused-ring (bicyclic) bond motifs is 1. The second-order valence-corrected chi connectivity index (χ2v) is 6.12. The van der Waals surface area contributed by atoms with E-state index < -0.39 is 0 Å². The standard InChI is InChI=1S/C20H22N2O/c1-3-20(4-2)15-22(18-7-5-6-8-19(18)23-20)14-17-11-9-16(13-21)10-12-17/h5-12H,3-4,14-15H2,1-2H3. The van der Waals surface area contributed by atoms with E-state index in [1.165, 1.54) is 5.56 Å². The van der Waals surface area contributed by atoms with Gasteiger partial charge in [0.2, 0.25) is 0 Å². The molecule has 1 heterocycles. The van der Waals surface area contributed by atoms with E-state index >= 15 is 0 Å². The first-order valence-corrected chi connectivity index (χ1v) is 8.22. The number of ether oxygens (including phenoxy) is 1. The van der Waals surface area contributed by atoms with Gasteiger partial charge in [0, 0.05) is 6.54 Å². The summed E-state index contributed by atoms with van der Waals surface area (Å²) in [6, 6.07) is 18.3. The Labute approximate surface area is 138 Å². The molecule has 0 atom stereocenters. The zero-order valence-electron chi connectivity index (χ0n) is 13.7. The van der Waals surface area contributed by atoms with Crippen molar-refractivity contribution in [2.45, 2.75) is 38.8 Å². The average Bonchev–Trinajstić information content (AvgIpc) is 2.62. The summed E-state index contributed by atoms with van der Waals surface area (Å²) in [7, 11) is 0. The topological polar surface area (TPSA) is 36.3 Å². The number of para-hydroxylation sites is 2. The second kappa shape index (κ2) is 6.34. The molecule has 0 unspecified atom stereocenters. The third-order valence-electron chi connectivity index (χ3n) is 4.76. The molecule has 3 heteroatoms. The number of nitrogens with zero attached hydrogens (tertiary/aromatic N) is 2. The molecule has 0 fully saturated rings. The van der Waals surface area contributed by atoms with Crippen molar-refractivity contribution in [1.82, 2.24) is 0 Å². The molecular formula is C20H22N2O. The molecule has 2 aromatic rings. The highest BCUT2D eigenvalue weighted by Gasteiger charge is 2.36. The number of nitriles is 1. The summed E-state index contributed by atoms with van der Waals surface area (Å²) in [4.78, 5) is 2.40. The molecule has 3 nitrogen and oxygen atoms in total. The van der Waals surface area contributed by atoms with Gasteiger partial charge in [-0.15, -0.1) is 0 Å². The molecule has 0 N–H and O–H groups in total. The third-order valence-corrected chi connectivity index (χ3v) is 4.76. The van der Waals surface area contributed by atoms with Gasteiger partial charge >= 0.3 is 0 Å². The Morgan fingerprint density at radius 1 is 1.09 bits per heavy atom. The predicted octanol–water partition coefficient (Wildman–Crippen LogP) is 4.52. The minimum Gasteiger partial charge on any atom is -0.483 e. The van der Waals surface area contributed by atoms with Crippen LogP contribution < -0.4 is 9.64 Å². The quantitative estimate of drug-likeness (QED) is 0.833. The van der Waals surface area contributed by atoms with Gasteiger partial charge in [0.25, 0.3) is 0 Å². The summed E-state index contributed by atoms with van der Waals surface area (Å²) in [5.74, 6) is 0.969. The zero-order chi connectivity index (χ0) is 16.3. The molecule has 1 aliphatic rings. The zero-order valence-corrected chi connectivity index (χ0v) is 13.7. The Bertz CT molecular complexity index is 711. The molecular weight excluding hydrogens is 284 g/mol. The van der Waals surface area contributed by atoms with Crippen LogP contribution in [0.5, 0.6) is 5.75 Å². The van der Waals surface area contributed by atoms with E-state index in [1.54, 1.807) is 0 Å². The van der Waals surface area contributed by atoms with E-state index in [9.17, 15) is 0 Å². The molecule has 0 bridgehead atoms. The number of anilines is 1. The van der Waals surface area contributed by atoms with Crippen molar-refractivity contribution in [1.29, 1.82) is 5.26 Å². The average molecular weight is 306 g/mol. The van der Waals surface area contributed by atoms with Crippen molar-refractivity contribution < 1.29 is 4.74 Å². The van der Waals surface area contributed by atoms with Crippen molar-refractivity contribution in [2.24, 2.45) is 0 Å². The van der Waals surface area contributed by atoms with Gasteiger partial charge in [0.1, 0.15) is 11.4 Å². The lowest BCUT2D eigenvalue weighted by molar-refractivity contribution is 0.0570. The molecule has 0 spiro atoms. The molecule has 0 saturated carbocycles. The van der Waals surface area contributed by atoms with E-state index in [-0.39, 0.29) is 5.60 Å². The van der Waals surface area contributed by atoms with E-state index in [2.05, 4.69) is 43.0 Å². The number of hydrogen-bond acceptors (Lipinski definition) is 3.